The first-order valence-corrected chi connectivity index (χ1v) is 11.0. The molecule has 2 aromatic carbocycles. The van der Waals surface area contributed by atoms with E-state index in [-0.39, 0.29) is 5.91 Å². The first kappa shape index (κ1) is 20.1. The Morgan fingerprint density at radius 2 is 2.06 bits per heavy atom. The summed E-state index contributed by atoms with van der Waals surface area (Å²) in [7, 11) is 1.56. The van der Waals surface area contributed by atoms with E-state index in [1.165, 1.54) is 0 Å². The van der Waals surface area contributed by atoms with Gasteiger partial charge < -0.3 is 19.5 Å². The summed E-state index contributed by atoms with van der Waals surface area (Å²) in [4.78, 5) is 13.9. The van der Waals surface area contributed by atoms with Gasteiger partial charge in [0.25, 0.3) is 5.91 Å². The van der Waals surface area contributed by atoms with Gasteiger partial charge in [0.1, 0.15) is 19.0 Å². The summed E-state index contributed by atoms with van der Waals surface area (Å²) in [5.74, 6) is 1.78. The fraction of sp³-hybridized carbons (Fsp3) is 0.167. The molecular formula is C24H21N3O4S. The Balaban J connectivity index is 1.44. The van der Waals surface area contributed by atoms with E-state index in [9.17, 15) is 4.79 Å². The van der Waals surface area contributed by atoms with Gasteiger partial charge in [-0.15, -0.1) is 11.3 Å². The molecule has 1 aliphatic heterocycles. The van der Waals surface area contributed by atoms with Crippen molar-refractivity contribution in [2.24, 2.45) is 0 Å². The molecule has 162 valence electrons. The lowest BCUT2D eigenvalue weighted by Crippen LogP contribution is -2.22. The largest absolute Gasteiger partial charge is 0.495 e. The van der Waals surface area contributed by atoms with Crippen LogP contribution in [-0.4, -0.2) is 36.4 Å². The third-order valence-corrected chi connectivity index (χ3v) is 6.04. The zero-order chi connectivity index (χ0) is 21.9. The highest BCUT2D eigenvalue weighted by molar-refractivity contribution is 7.09. The number of hydrogen-bond acceptors (Lipinski definition) is 6. The zero-order valence-electron chi connectivity index (χ0n) is 17.4. The van der Waals surface area contributed by atoms with Crippen LogP contribution in [0.15, 0.2) is 47.8 Å². The van der Waals surface area contributed by atoms with E-state index in [0.29, 0.717) is 31.1 Å². The molecule has 0 atom stereocenters. The molecule has 32 heavy (non-hydrogen) atoms. The number of rotatable bonds is 6. The third kappa shape index (κ3) is 3.92. The second-order valence-corrected chi connectivity index (χ2v) is 8.21. The summed E-state index contributed by atoms with van der Waals surface area (Å²) in [5, 5.41) is 13.1. The molecule has 5 rings (SSSR count). The van der Waals surface area contributed by atoms with Gasteiger partial charge in [-0.3, -0.25) is 9.89 Å². The molecule has 0 spiro atoms. The molecule has 4 aromatic rings. The van der Waals surface area contributed by atoms with Crippen LogP contribution >= 0.6 is 11.3 Å². The topological polar surface area (TPSA) is 85.5 Å². The Morgan fingerprint density at radius 3 is 2.88 bits per heavy atom. The van der Waals surface area contributed by atoms with Crippen LogP contribution in [0, 0.1) is 0 Å². The minimum Gasteiger partial charge on any atom is -0.495 e. The monoisotopic (exact) mass is 447 g/mol. The number of aromatic nitrogens is 2. The van der Waals surface area contributed by atoms with Gasteiger partial charge in [-0.2, -0.15) is 5.10 Å². The average molecular weight is 448 g/mol. The highest BCUT2D eigenvalue weighted by atomic mass is 32.1. The summed E-state index contributed by atoms with van der Waals surface area (Å²) in [6.45, 7) is 1.57. The molecule has 0 radical (unpaired) electrons. The smallest absolute Gasteiger partial charge is 0.255 e. The number of benzene rings is 2. The van der Waals surface area contributed by atoms with E-state index in [1.54, 1.807) is 24.5 Å². The molecule has 3 heterocycles. The number of nitrogens with zero attached hydrogens (tertiary/aromatic N) is 1. The van der Waals surface area contributed by atoms with Crippen LogP contribution in [0.3, 0.4) is 0 Å². The number of H-pyrrole nitrogens is 1. The Bertz CT molecular complexity index is 1290. The van der Waals surface area contributed by atoms with Crippen molar-refractivity contribution in [2.75, 3.05) is 20.3 Å². The van der Waals surface area contributed by atoms with E-state index < -0.39 is 0 Å². The van der Waals surface area contributed by atoms with Crippen LogP contribution in [0.2, 0.25) is 0 Å². The lowest BCUT2D eigenvalue weighted by molar-refractivity contribution is 0.0948. The molecule has 0 aliphatic carbocycles. The van der Waals surface area contributed by atoms with Gasteiger partial charge in [0.15, 0.2) is 11.5 Å². The first-order valence-electron chi connectivity index (χ1n) is 10.2. The summed E-state index contributed by atoms with van der Waals surface area (Å²) in [6, 6.07) is 13.3. The molecule has 8 heteroatoms. The molecule has 0 bridgehead atoms. The molecule has 1 aliphatic rings. The van der Waals surface area contributed by atoms with Gasteiger partial charge in [0, 0.05) is 4.88 Å². The number of aromatic amines is 1. The molecule has 0 saturated heterocycles. The van der Waals surface area contributed by atoms with Crippen molar-refractivity contribution in [3.05, 3.63) is 69.5 Å². The highest BCUT2D eigenvalue weighted by Gasteiger charge is 2.19. The Morgan fingerprint density at radius 1 is 1.19 bits per heavy atom. The second kappa shape index (κ2) is 8.76. The predicted molar refractivity (Wildman–Crippen MR) is 124 cm³/mol. The Hall–Kier alpha value is -3.78. The maximum absolute atomic E-state index is 12.9. The van der Waals surface area contributed by atoms with Crippen molar-refractivity contribution in [2.45, 2.75) is 6.54 Å². The summed E-state index contributed by atoms with van der Waals surface area (Å²) >= 11 is 1.60. The number of ether oxygens (including phenoxy) is 3. The number of amides is 1. The highest BCUT2D eigenvalue weighted by Crippen LogP contribution is 2.34. The van der Waals surface area contributed by atoms with Crippen molar-refractivity contribution in [3.63, 3.8) is 0 Å². The number of carbonyl (C=O) groups excluding carboxylic acids is 1. The average Bonchev–Trinajstić information content (AvgIpc) is 3.50. The fourth-order valence-electron chi connectivity index (χ4n) is 3.63. The van der Waals surface area contributed by atoms with Crippen molar-refractivity contribution < 1.29 is 19.0 Å². The van der Waals surface area contributed by atoms with Crippen molar-refractivity contribution >= 4 is 40.3 Å². The Kier molecular flexibility index (Phi) is 5.51. The van der Waals surface area contributed by atoms with Crippen LogP contribution in [-0.2, 0) is 6.54 Å². The van der Waals surface area contributed by atoms with E-state index in [2.05, 4.69) is 15.5 Å². The molecular weight excluding hydrogens is 426 g/mol. The third-order valence-electron chi connectivity index (χ3n) is 5.16. The van der Waals surface area contributed by atoms with Crippen molar-refractivity contribution in [1.82, 2.24) is 15.5 Å². The number of methoxy groups -OCH3 is 1. The predicted octanol–water partition coefficient (Wildman–Crippen LogP) is 4.50. The van der Waals surface area contributed by atoms with E-state index >= 15 is 0 Å². The number of nitrogens with one attached hydrogen (secondary N) is 2. The molecule has 2 N–H and O–H groups in total. The van der Waals surface area contributed by atoms with E-state index in [4.69, 9.17) is 14.2 Å². The Labute approximate surface area is 188 Å². The fourth-order valence-corrected chi connectivity index (χ4v) is 4.28. The molecule has 0 saturated carbocycles. The van der Waals surface area contributed by atoms with Gasteiger partial charge in [-0.05, 0) is 47.4 Å². The molecule has 0 fully saturated rings. The number of fused-ring (bicyclic) bond motifs is 2. The van der Waals surface area contributed by atoms with Crippen molar-refractivity contribution in [3.8, 4) is 17.2 Å². The minimum absolute atomic E-state index is 0.194. The number of thiophene rings is 1. The number of carbonyl (C=O) groups is 1. The molecule has 0 unspecified atom stereocenters. The summed E-state index contributed by atoms with van der Waals surface area (Å²) < 4.78 is 16.9. The summed E-state index contributed by atoms with van der Waals surface area (Å²) in [5.41, 5.74) is 2.89. The van der Waals surface area contributed by atoms with E-state index in [1.807, 2.05) is 53.9 Å². The normalized spacial score (nSPS) is 12.9. The van der Waals surface area contributed by atoms with Gasteiger partial charge in [-0.1, -0.05) is 18.2 Å². The van der Waals surface area contributed by atoms with Crippen LogP contribution < -0.4 is 19.5 Å². The summed E-state index contributed by atoms with van der Waals surface area (Å²) in [6.07, 6.45) is 3.87. The van der Waals surface area contributed by atoms with Crippen LogP contribution in [0.1, 0.15) is 26.5 Å². The maximum Gasteiger partial charge on any atom is 0.255 e. The lowest BCUT2D eigenvalue weighted by Gasteiger charge is -2.18. The second-order valence-electron chi connectivity index (χ2n) is 7.18. The van der Waals surface area contributed by atoms with Crippen LogP contribution in [0.4, 0.5) is 0 Å². The number of hydrogen-bond donors (Lipinski definition) is 2. The molecule has 2 aromatic heterocycles. The van der Waals surface area contributed by atoms with Crippen LogP contribution in [0.25, 0.3) is 23.1 Å². The van der Waals surface area contributed by atoms with Gasteiger partial charge >= 0.3 is 0 Å². The molecule has 7 nitrogen and oxygen atoms in total. The van der Waals surface area contributed by atoms with Gasteiger partial charge in [0.2, 0.25) is 0 Å². The van der Waals surface area contributed by atoms with Crippen LogP contribution in [0.5, 0.6) is 17.2 Å². The van der Waals surface area contributed by atoms with Gasteiger partial charge in [-0.25, -0.2) is 0 Å². The lowest BCUT2D eigenvalue weighted by atomic mass is 10.1. The minimum atomic E-state index is -0.194. The standard InChI is InChI=1S/C24H21N3O4S/c1-29-23-17(24(28)25-14-16-3-2-12-32-16)6-8-19-22(23)18(26-27-19)7-4-15-5-9-20-21(13-15)31-11-10-30-20/h2-9,12-13H,10-11,14H2,1H3,(H,25,28)(H,26,27)/b7-4+. The van der Waals surface area contributed by atoms with Gasteiger partial charge in [0.05, 0.1) is 35.8 Å². The zero-order valence-corrected chi connectivity index (χ0v) is 18.2. The molecule has 1 amide bonds. The SMILES string of the molecule is COc1c(C(=O)NCc2cccs2)ccc2n[nH]c(/C=C/c3ccc4c(c3)OCCO4)c12. The quantitative estimate of drug-likeness (QED) is 0.454. The maximum atomic E-state index is 12.9. The van der Waals surface area contributed by atoms with E-state index in [0.717, 1.165) is 38.5 Å². The van der Waals surface area contributed by atoms with Crippen molar-refractivity contribution in [1.29, 1.82) is 0 Å². The first-order chi connectivity index (χ1) is 15.7.